The third-order valence-electron chi connectivity index (χ3n) is 2.07. The maximum Gasteiger partial charge on any atom is 0.308 e. The molecule has 0 aliphatic carbocycles. The molecule has 0 unspecified atom stereocenters. The first-order valence-corrected chi connectivity index (χ1v) is 6.19. The van der Waals surface area contributed by atoms with Gasteiger partial charge in [0.2, 0.25) is 0 Å². The molecule has 0 bridgehead atoms. The van der Waals surface area contributed by atoms with E-state index in [-0.39, 0.29) is 23.0 Å². The van der Waals surface area contributed by atoms with E-state index in [1.165, 1.54) is 32.9 Å². The number of carbonyl (C=O) groups is 3. The number of hydrogen-bond acceptors (Lipinski definition) is 7. The Morgan fingerprint density at radius 2 is 1.10 bits per heavy atom. The van der Waals surface area contributed by atoms with E-state index in [0.29, 0.717) is 6.61 Å². The maximum absolute atomic E-state index is 11.1. The van der Waals surface area contributed by atoms with Crippen LogP contribution in [0.3, 0.4) is 0 Å². The summed E-state index contributed by atoms with van der Waals surface area (Å²) in [6, 6.07) is 2.58. The number of esters is 3. The minimum Gasteiger partial charge on any atom is -0.490 e. The summed E-state index contributed by atoms with van der Waals surface area (Å²) in [4.78, 5) is 33.3. The molecular weight excluding hydrogens is 280 g/mol. The average molecular weight is 296 g/mol. The van der Waals surface area contributed by atoms with E-state index in [1.807, 2.05) is 0 Å². The molecule has 0 aromatic heterocycles. The van der Waals surface area contributed by atoms with Crippen LogP contribution in [0.15, 0.2) is 12.1 Å². The van der Waals surface area contributed by atoms with Gasteiger partial charge < -0.3 is 18.9 Å². The highest BCUT2D eigenvalue weighted by Crippen LogP contribution is 2.40. The van der Waals surface area contributed by atoms with Gasteiger partial charge in [-0.3, -0.25) is 14.4 Å². The predicted octanol–water partition coefficient (Wildman–Crippen LogP) is 1.86. The summed E-state index contributed by atoms with van der Waals surface area (Å²) < 4.78 is 20.2. The summed E-state index contributed by atoms with van der Waals surface area (Å²) in [5.41, 5.74) is 0. The second-order valence-corrected chi connectivity index (χ2v) is 3.96. The van der Waals surface area contributed by atoms with Crippen LogP contribution in [0.4, 0.5) is 0 Å². The standard InChI is InChI=1S/C14H16O7/c1-5-18-11-6-13(20-9(3)16)14(21-10(4)17)7-12(11)19-8(2)15/h6-7H,5H2,1-4H3. The van der Waals surface area contributed by atoms with Crippen molar-refractivity contribution in [3.8, 4) is 23.0 Å². The van der Waals surface area contributed by atoms with E-state index in [1.54, 1.807) is 6.92 Å². The van der Waals surface area contributed by atoms with Gasteiger partial charge in [-0.15, -0.1) is 0 Å². The minimum absolute atomic E-state index is 0.00273. The fraction of sp³-hybridized carbons (Fsp3) is 0.357. The van der Waals surface area contributed by atoms with Crippen LogP contribution in [-0.2, 0) is 14.4 Å². The Labute approximate surface area is 121 Å². The molecule has 21 heavy (non-hydrogen) atoms. The molecule has 0 N–H and O–H groups in total. The third kappa shape index (κ3) is 5.13. The summed E-state index contributed by atoms with van der Waals surface area (Å²) >= 11 is 0. The van der Waals surface area contributed by atoms with E-state index in [9.17, 15) is 14.4 Å². The molecular formula is C14H16O7. The minimum atomic E-state index is -0.610. The number of carbonyl (C=O) groups excluding carboxylic acids is 3. The highest BCUT2D eigenvalue weighted by molar-refractivity contribution is 5.76. The number of hydrogen-bond donors (Lipinski definition) is 0. The van der Waals surface area contributed by atoms with Crippen molar-refractivity contribution in [3.63, 3.8) is 0 Å². The van der Waals surface area contributed by atoms with E-state index >= 15 is 0 Å². The highest BCUT2D eigenvalue weighted by Gasteiger charge is 2.18. The second kappa shape index (κ2) is 7.28. The number of benzene rings is 1. The fourth-order valence-electron chi connectivity index (χ4n) is 1.49. The Morgan fingerprint density at radius 3 is 1.43 bits per heavy atom. The molecule has 0 saturated heterocycles. The largest absolute Gasteiger partial charge is 0.490 e. The zero-order chi connectivity index (χ0) is 16.0. The molecule has 0 heterocycles. The molecule has 1 aromatic carbocycles. The first-order valence-electron chi connectivity index (χ1n) is 6.19. The summed E-state index contributed by atoms with van der Waals surface area (Å²) in [6.07, 6.45) is 0. The monoisotopic (exact) mass is 296 g/mol. The third-order valence-corrected chi connectivity index (χ3v) is 2.07. The smallest absolute Gasteiger partial charge is 0.308 e. The van der Waals surface area contributed by atoms with Crippen molar-refractivity contribution >= 4 is 17.9 Å². The summed E-state index contributed by atoms with van der Waals surface area (Å²) in [7, 11) is 0. The lowest BCUT2D eigenvalue weighted by Gasteiger charge is -2.14. The van der Waals surface area contributed by atoms with Gasteiger partial charge in [0.1, 0.15) is 0 Å². The van der Waals surface area contributed by atoms with E-state index in [0.717, 1.165) is 0 Å². The summed E-state index contributed by atoms with van der Waals surface area (Å²) in [6.45, 7) is 5.67. The lowest BCUT2D eigenvalue weighted by atomic mass is 10.2. The van der Waals surface area contributed by atoms with Crippen LogP contribution in [-0.4, -0.2) is 24.5 Å². The molecule has 114 valence electrons. The van der Waals surface area contributed by atoms with Crippen LogP contribution < -0.4 is 18.9 Å². The average Bonchev–Trinajstić information content (AvgIpc) is 2.32. The van der Waals surface area contributed by atoms with E-state index < -0.39 is 17.9 Å². The molecule has 0 aliphatic rings. The van der Waals surface area contributed by atoms with E-state index in [2.05, 4.69) is 0 Å². The van der Waals surface area contributed by atoms with Gasteiger partial charge in [-0.25, -0.2) is 0 Å². The highest BCUT2D eigenvalue weighted by atomic mass is 16.6. The number of rotatable bonds is 5. The lowest BCUT2D eigenvalue weighted by Crippen LogP contribution is -2.09. The Kier molecular flexibility index (Phi) is 5.71. The van der Waals surface area contributed by atoms with Crippen LogP contribution in [0, 0.1) is 0 Å². The number of ether oxygens (including phenoxy) is 4. The van der Waals surface area contributed by atoms with Gasteiger partial charge in [0.25, 0.3) is 0 Å². The van der Waals surface area contributed by atoms with Gasteiger partial charge in [-0.05, 0) is 6.92 Å². The Bertz CT molecular complexity index is 563. The van der Waals surface area contributed by atoms with E-state index in [4.69, 9.17) is 18.9 Å². The first kappa shape index (κ1) is 16.5. The zero-order valence-corrected chi connectivity index (χ0v) is 12.2. The second-order valence-electron chi connectivity index (χ2n) is 3.96. The molecule has 0 fully saturated rings. The predicted molar refractivity (Wildman–Crippen MR) is 71.5 cm³/mol. The van der Waals surface area contributed by atoms with Crippen molar-refractivity contribution in [2.24, 2.45) is 0 Å². The molecule has 0 aliphatic heterocycles. The van der Waals surface area contributed by atoms with Gasteiger partial charge in [0.05, 0.1) is 6.61 Å². The van der Waals surface area contributed by atoms with Crippen LogP contribution in [0.2, 0.25) is 0 Å². The molecule has 0 spiro atoms. The molecule has 7 nitrogen and oxygen atoms in total. The van der Waals surface area contributed by atoms with Crippen molar-refractivity contribution in [2.45, 2.75) is 27.7 Å². The van der Waals surface area contributed by atoms with Gasteiger partial charge in [-0.1, -0.05) is 0 Å². The SMILES string of the molecule is CCOc1cc(OC(C)=O)c(OC(C)=O)cc1OC(C)=O. The molecule has 1 aromatic rings. The molecule has 0 saturated carbocycles. The molecule has 0 radical (unpaired) electrons. The van der Waals surface area contributed by atoms with Gasteiger partial charge in [0.15, 0.2) is 23.0 Å². The Balaban J connectivity index is 3.32. The lowest BCUT2D eigenvalue weighted by molar-refractivity contribution is -0.134. The van der Waals surface area contributed by atoms with Gasteiger partial charge >= 0.3 is 17.9 Å². The fourth-order valence-corrected chi connectivity index (χ4v) is 1.49. The Morgan fingerprint density at radius 1 is 0.762 bits per heavy atom. The van der Waals surface area contributed by atoms with Crippen molar-refractivity contribution in [1.29, 1.82) is 0 Å². The van der Waals surface area contributed by atoms with Crippen molar-refractivity contribution < 1.29 is 33.3 Å². The van der Waals surface area contributed by atoms with Crippen molar-refractivity contribution in [2.75, 3.05) is 6.61 Å². The van der Waals surface area contributed by atoms with Crippen LogP contribution in [0.5, 0.6) is 23.0 Å². The normalized spacial score (nSPS) is 9.71. The summed E-state index contributed by atoms with van der Waals surface area (Å²) in [5, 5.41) is 0. The summed E-state index contributed by atoms with van der Waals surface area (Å²) in [5.74, 6) is -1.55. The quantitative estimate of drug-likeness (QED) is 0.605. The first-order chi connectivity index (χ1) is 9.83. The molecule has 1 rings (SSSR count). The van der Waals surface area contributed by atoms with Crippen LogP contribution >= 0.6 is 0 Å². The van der Waals surface area contributed by atoms with Gasteiger partial charge in [-0.2, -0.15) is 0 Å². The maximum atomic E-state index is 11.1. The van der Waals surface area contributed by atoms with Crippen LogP contribution in [0.1, 0.15) is 27.7 Å². The van der Waals surface area contributed by atoms with Gasteiger partial charge in [0, 0.05) is 32.9 Å². The molecule has 7 heteroatoms. The molecule has 0 atom stereocenters. The Hall–Kier alpha value is -2.57. The topological polar surface area (TPSA) is 88.1 Å². The van der Waals surface area contributed by atoms with Crippen molar-refractivity contribution in [1.82, 2.24) is 0 Å². The van der Waals surface area contributed by atoms with Crippen LogP contribution in [0.25, 0.3) is 0 Å². The van der Waals surface area contributed by atoms with Crippen molar-refractivity contribution in [3.05, 3.63) is 12.1 Å². The molecule has 0 amide bonds. The zero-order valence-electron chi connectivity index (χ0n) is 12.2.